The molecule has 0 N–H and O–H groups in total. The molecule has 1 heterocycles. The summed E-state index contributed by atoms with van der Waals surface area (Å²) in [7, 11) is 0. The summed E-state index contributed by atoms with van der Waals surface area (Å²) in [5.41, 5.74) is 1.33. The first-order valence-electron chi connectivity index (χ1n) is 5.71. The molecule has 0 spiro atoms. The monoisotopic (exact) mass is 233 g/mol. The third-order valence-electron chi connectivity index (χ3n) is 2.85. The van der Waals surface area contributed by atoms with Gasteiger partial charge in [-0.3, -0.25) is 9.59 Å². The van der Waals surface area contributed by atoms with Gasteiger partial charge in [-0.25, -0.2) is 0 Å². The third-order valence-corrected chi connectivity index (χ3v) is 2.85. The van der Waals surface area contributed by atoms with E-state index >= 15 is 0 Å². The zero-order valence-corrected chi connectivity index (χ0v) is 10.0. The molecule has 1 aliphatic heterocycles. The van der Waals surface area contributed by atoms with Crippen molar-refractivity contribution < 1.29 is 14.3 Å². The second-order valence-electron chi connectivity index (χ2n) is 3.98. The minimum atomic E-state index is -0.0318. The van der Waals surface area contributed by atoms with Gasteiger partial charge in [0.1, 0.15) is 12.4 Å². The minimum Gasteiger partial charge on any atom is -0.490 e. The van der Waals surface area contributed by atoms with Crippen LogP contribution in [-0.2, 0) is 4.79 Å². The number of benzene rings is 1. The van der Waals surface area contributed by atoms with Crippen LogP contribution in [0.15, 0.2) is 18.2 Å². The Kier molecular flexibility index (Phi) is 3.13. The third kappa shape index (κ3) is 2.16. The lowest BCUT2D eigenvalue weighted by molar-refractivity contribution is -0.116. The number of nitrogens with zero attached hydrogens (tertiary/aromatic N) is 1. The number of hydrogen-bond donors (Lipinski definition) is 0. The number of amides is 1. The molecule has 17 heavy (non-hydrogen) atoms. The van der Waals surface area contributed by atoms with Crippen LogP contribution in [0.5, 0.6) is 5.75 Å². The van der Waals surface area contributed by atoms with E-state index in [2.05, 4.69) is 0 Å². The van der Waals surface area contributed by atoms with Gasteiger partial charge in [-0.05, 0) is 18.2 Å². The van der Waals surface area contributed by atoms with Crippen LogP contribution in [-0.4, -0.2) is 24.8 Å². The molecule has 1 aromatic rings. The molecule has 0 aromatic heterocycles. The van der Waals surface area contributed by atoms with Crippen molar-refractivity contribution in [2.45, 2.75) is 20.3 Å². The maximum Gasteiger partial charge on any atom is 0.224 e. The van der Waals surface area contributed by atoms with Crippen molar-refractivity contribution in [3.8, 4) is 5.75 Å². The molecule has 2 rings (SSSR count). The highest BCUT2D eigenvalue weighted by atomic mass is 16.5. The molecule has 0 unspecified atom stereocenters. The molecule has 0 saturated heterocycles. The molecule has 0 radical (unpaired) electrons. The number of ketones is 1. The Hall–Kier alpha value is -1.84. The van der Waals surface area contributed by atoms with Crippen molar-refractivity contribution in [1.82, 2.24) is 0 Å². The van der Waals surface area contributed by atoms with Crippen molar-refractivity contribution in [3.63, 3.8) is 0 Å². The molecule has 4 nitrogen and oxygen atoms in total. The number of carbonyl (C=O) groups is 2. The molecule has 0 fully saturated rings. The number of hydrogen-bond acceptors (Lipinski definition) is 3. The van der Waals surface area contributed by atoms with Gasteiger partial charge in [0.25, 0.3) is 0 Å². The second-order valence-corrected chi connectivity index (χ2v) is 3.98. The van der Waals surface area contributed by atoms with Crippen LogP contribution in [0.25, 0.3) is 0 Å². The number of ether oxygens (including phenoxy) is 1. The fourth-order valence-electron chi connectivity index (χ4n) is 1.92. The molecule has 4 heteroatoms. The maximum absolute atomic E-state index is 11.6. The lowest BCUT2D eigenvalue weighted by Gasteiger charge is -2.28. The summed E-state index contributed by atoms with van der Waals surface area (Å²) < 4.78 is 5.47. The Morgan fingerprint density at radius 2 is 2.18 bits per heavy atom. The molecule has 0 saturated carbocycles. The first kappa shape index (κ1) is 11.6. The number of anilines is 1. The molecule has 1 aliphatic rings. The molecular formula is C13H15NO3. The van der Waals surface area contributed by atoms with Crippen molar-refractivity contribution in [2.75, 3.05) is 18.1 Å². The highest BCUT2D eigenvalue weighted by molar-refractivity contribution is 6.00. The lowest BCUT2D eigenvalue weighted by Crippen LogP contribution is -2.36. The number of fused-ring (bicyclic) bond motifs is 1. The van der Waals surface area contributed by atoms with Gasteiger partial charge in [0.2, 0.25) is 5.91 Å². The number of rotatable bonds is 2. The lowest BCUT2D eigenvalue weighted by atomic mass is 10.1. The standard InChI is InChI=1S/C13H15NO3/c1-3-12(16)10-4-5-13-11(8-10)14(9(2)15)6-7-17-13/h4-5,8H,3,6-7H2,1-2H3. The summed E-state index contributed by atoms with van der Waals surface area (Å²) in [6.07, 6.45) is 0.458. The fraction of sp³-hybridized carbons (Fsp3) is 0.385. The Bertz CT molecular complexity index is 468. The Morgan fingerprint density at radius 3 is 2.82 bits per heavy atom. The summed E-state index contributed by atoms with van der Waals surface area (Å²) in [5, 5.41) is 0. The first-order chi connectivity index (χ1) is 8.13. The van der Waals surface area contributed by atoms with Crippen LogP contribution < -0.4 is 9.64 Å². The molecule has 0 aliphatic carbocycles. The van der Waals surface area contributed by atoms with E-state index in [4.69, 9.17) is 4.74 Å². The second kappa shape index (κ2) is 4.57. The highest BCUT2D eigenvalue weighted by Gasteiger charge is 2.22. The largest absolute Gasteiger partial charge is 0.490 e. The van der Waals surface area contributed by atoms with E-state index < -0.39 is 0 Å². The predicted octanol–water partition coefficient (Wildman–Crippen LogP) is 2.02. The van der Waals surface area contributed by atoms with E-state index in [-0.39, 0.29) is 11.7 Å². The Morgan fingerprint density at radius 1 is 1.41 bits per heavy atom. The van der Waals surface area contributed by atoms with Crippen molar-refractivity contribution in [2.24, 2.45) is 0 Å². The smallest absolute Gasteiger partial charge is 0.224 e. The molecular weight excluding hydrogens is 218 g/mol. The van der Waals surface area contributed by atoms with Crippen LogP contribution in [0.2, 0.25) is 0 Å². The Labute approximate surface area is 100 Å². The van der Waals surface area contributed by atoms with E-state index in [1.165, 1.54) is 6.92 Å². The summed E-state index contributed by atoms with van der Waals surface area (Å²) in [6, 6.07) is 5.24. The maximum atomic E-state index is 11.6. The van der Waals surface area contributed by atoms with Crippen LogP contribution in [0.3, 0.4) is 0 Å². The van der Waals surface area contributed by atoms with Gasteiger partial charge in [-0.2, -0.15) is 0 Å². The van der Waals surface area contributed by atoms with E-state index in [1.807, 2.05) is 6.92 Å². The zero-order chi connectivity index (χ0) is 12.4. The van der Waals surface area contributed by atoms with Gasteiger partial charge in [0.05, 0.1) is 12.2 Å². The number of carbonyl (C=O) groups excluding carboxylic acids is 2. The highest BCUT2D eigenvalue weighted by Crippen LogP contribution is 2.32. The van der Waals surface area contributed by atoms with E-state index in [0.717, 1.165) is 0 Å². The fourth-order valence-corrected chi connectivity index (χ4v) is 1.92. The summed E-state index contributed by atoms with van der Waals surface area (Å²) >= 11 is 0. The number of Topliss-reactive ketones (excluding diaryl/α,β-unsaturated/α-hetero) is 1. The Balaban J connectivity index is 2.44. The first-order valence-corrected chi connectivity index (χ1v) is 5.71. The topological polar surface area (TPSA) is 46.6 Å². The van der Waals surface area contributed by atoms with Gasteiger partial charge < -0.3 is 9.64 Å². The van der Waals surface area contributed by atoms with E-state index in [0.29, 0.717) is 36.6 Å². The van der Waals surface area contributed by atoms with Crippen molar-refractivity contribution in [3.05, 3.63) is 23.8 Å². The van der Waals surface area contributed by atoms with Gasteiger partial charge in [-0.15, -0.1) is 0 Å². The van der Waals surface area contributed by atoms with Crippen LogP contribution in [0.4, 0.5) is 5.69 Å². The van der Waals surface area contributed by atoms with E-state index in [1.54, 1.807) is 23.1 Å². The molecule has 0 bridgehead atoms. The quantitative estimate of drug-likeness (QED) is 0.734. The normalized spacial score (nSPS) is 13.9. The van der Waals surface area contributed by atoms with Gasteiger partial charge >= 0.3 is 0 Å². The zero-order valence-electron chi connectivity index (χ0n) is 10.0. The average Bonchev–Trinajstić information content (AvgIpc) is 2.36. The summed E-state index contributed by atoms with van der Waals surface area (Å²) in [6.45, 7) is 4.37. The SMILES string of the molecule is CCC(=O)c1ccc2c(c1)N(C(C)=O)CCO2. The van der Waals surface area contributed by atoms with Crippen molar-refractivity contribution in [1.29, 1.82) is 0 Å². The molecule has 1 aromatic carbocycles. The van der Waals surface area contributed by atoms with Crippen LogP contribution >= 0.6 is 0 Å². The van der Waals surface area contributed by atoms with Crippen LogP contribution in [0, 0.1) is 0 Å². The van der Waals surface area contributed by atoms with Gasteiger partial charge in [-0.1, -0.05) is 6.92 Å². The van der Waals surface area contributed by atoms with Crippen LogP contribution in [0.1, 0.15) is 30.6 Å². The minimum absolute atomic E-state index is 0.0318. The molecule has 90 valence electrons. The molecule has 1 amide bonds. The van der Waals surface area contributed by atoms with E-state index in [9.17, 15) is 9.59 Å². The van der Waals surface area contributed by atoms with Gasteiger partial charge in [0, 0.05) is 18.9 Å². The molecule has 0 atom stereocenters. The van der Waals surface area contributed by atoms with Gasteiger partial charge in [0.15, 0.2) is 5.78 Å². The average molecular weight is 233 g/mol. The van der Waals surface area contributed by atoms with Crippen molar-refractivity contribution >= 4 is 17.4 Å². The summed E-state index contributed by atoms with van der Waals surface area (Å²) in [4.78, 5) is 24.8. The summed E-state index contributed by atoms with van der Waals surface area (Å²) in [5.74, 6) is 0.705. The predicted molar refractivity (Wildman–Crippen MR) is 64.6 cm³/mol.